The van der Waals surface area contributed by atoms with Crippen molar-refractivity contribution in [1.29, 1.82) is 0 Å². The smallest absolute Gasteiger partial charge is 0.282 e. The summed E-state index contributed by atoms with van der Waals surface area (Å²) in [4.78, 5) is 23.3. The lowest BCUT2D eigenvalue weighted by Gasteiger charge is -2.35. The molecule has 0 N–H and O–H groups in total. The SMILES string of the molecule is CN(C)c1cnnc(N2CCN(C(=O)c3nc4ccccc4s3)CC2)c1. The first-order chi connectivity index (χ1) is 12.6. The van der Waals surface area contributed by atoms with E-state index in [1.54, 1.807) is 6.20 Å². The maximum atomic E-state index is 12.8. The van der Waals surface area contributed by atoms with E-state index in [0.29, 0.717) is 18.1 Å². The van der Waals surface area contributed by atoms with Crippen LogP contribution in [0.25, 0.3) is 10.2 Å². The average molecular weight is 368 g/mol. The van der Waals surface area contributed by atoms with Crippen molar-refractivity contribution in [3.8, 4) is 0 Å². The largest absolute Gasteiger partial charge is 0.376 e. The maximum absolute atomic E-state index is 12.8. The van der Waals surface area contributed by atoms with Crippen LogP contribution in [0.2, 0.25) is 0 Å². The molecule has 7 nitrogen and oxygen atoms in total. The van der Waals surface area contributed by atoms with Crippen molar-refractivity contribution in [2.24, 2.45) is 0 Å². The number of thiazole rings is 1. The van der Waals surface area contributed by atoms with E-state index in [1.807, 2.05) is 54.2 Å². The summed E-state index contributed by atoms with van der Waals surface area (Å²) in [7, 11) is 3.96. The Labute approximate surface area is 155 Å². The summed E-state index contributed by atoms with van der Waals surface area (Å²) in [5.74, 6) is 0.863. The minimum absolute atomic E-state index is 0.0129. The number of piperazine rings is 1. The van der Waals surface area contributed by atoms with Gasteiger partial charge < -0.3 is 14.7 Å². The molecule has 3 heterocycles. The van der Waals surface area contributed by atoms with Crippen LogP contribution in [0.1, 0.15) is 9.80 Å². The van der Waals surface area contributed by atoms with Crippen LogP contribution in [0.3, 0.4) is 0 Å². The van der Waals surface area contributed by atoms with Gasteiger partial charge in [0.25, 0.3) is 5.91 Å². The molecule has 1 fully saturated rings. The first kappa shape index (κ1) is 16.7. The molecular weight excluding hydrogens is 348 g/mol. The summed E-state index contributed by atoms with van der Waals surface area (Å²) in [5, 5.41) is 8.89. The number of amides is 1. The molecule has 8 heteroatoms. The molecule has 0 atom stereocenters. The zero-order chi connectivity index (χ0) is 18.1. The summed E-state index contributed by atoms with van der Waals surface area (Å²) in [6, 6.07) is 9.88. The van der Waals surface area contributed by atoms with Crippen LogP contribution in [0.15, 0.2) is 36.5 Å². The van der Waals surface area contributed by atoms with Crippen molar-refractivity contribution in [3.05, 3.63) is 41.5 Å². The number of carbonyl (C=O) groups excluding carboxylic acids is 1. The van der Waals surface area contributed by atoms with Gasteiger partial charge in [0.1, 0.15) is 0 Å². The highest BCUT2D eigenvalue weighted by atomic mass is 32.1. The number of anilines is 2. The fourth-order valence-electron chi connectivity index (χ4n) is 2.98. The highest BCUT2D eigenvalue weighted by Crippen LogP contribution is 2.24. The zero-order valence-electron chi connectivity index (χ0n) is 14.8. The lowest BCUT2D eigenvalue weighted by Crippen LogP contribution is -2.49. The van der Waals surface area contributed by atoms with E-state index in [4.69, 9.17) is 0 Å². The normalized spacial score (nSPS) is 14.7. The molecule has 134 valence electrons. The lowest BCUT2D eigenvalue weighted by molar-refractivity contribution is 0.0746. The number of carbonyl (C=O) groups is 1. The van der Waals surface area contributed by atoms with Crippen molar-refractivity contribution in [3.63, 3.8) is 0 Å². The number of rotatable bonds is 3. The summed E-state index contributed by atoms with van der Waals surface area (Å²) >= 11 is 1.46. The topological polar surface area (TPSA) is 65.5 Å². The predicted octanol–water partition coefficient (Wildman–Crippen LogP) is 2.11. The second kappa shape index (κ2) is 6.87. The molecule has 4 rings (SSSR count). The van der Waals surface area contributed by atoms with Gasteiger partial charge >= 0.3 is 0 Å². The van der Waals surface area contributed by atoms with Gasteiger partial charge in [0.05, 0.1) is 22.1 Å². The molecule has 1 aliphatic heterocycles. The van der Waals surface area contributed by atoms with Crippen LogP contribution in [0.4, 0.5) is 11.5 Å². The Morgan fingerprint density at radius 3 is 2.65 bits per heavy atom. The minimum atomic E-state index is 0.0129. The Kier molecular flexibility index (Phi) is 4.42. The monoisotopic (exact) mass is 368 g/mol. The molecule has 0 spiro atoms. The van der Waals surface area contributed by atoms with E-state index in [-0.39, 0.29) is 5.91 Å². The maximum Gasteiger partial charge on any atom is 0.282 e. The van der Waals surface area contributed by atoms with E-state index in [9.17, 15) is 4.79 Å². The summed E-state index contributed by atoms with van der Waals surface area (Å²) in [5.41, 5.74) is 1.90. The van der Waals surface area contributed by atoms with Crippen LogP contribution < -0.4 is 9.80 Å². The molecule has 3 aromatic rings. The quantitative estimate of drug-likeness (QED) is 0.706. The van der Waals surface area contributed by atoms with Crippen LogP contribution in [-0.2, 0) is 0 Å². The van der Waals surface area contributed by atoms with E-state index in [1.165, 1.54) is 11.3 Å². The van der Waals surface area contributed by atoms with Crippen LogP contribution in [0.5, 0.6) is 0 Å². The van der Waals surface area contributed by atoms with Crippen molar-refractivity contribution < 1.29 is 4.79 Å². The number of nitrogens with zero attached hydrogens (tertiary/aromatic N) is 6. The summed E-state index contributed by atoms with van der Waals surface area (Å²) in [6.07, 6.45) is 1.75. The Balaban J connectivity index is 1.44. The second-order valence-electron chi connectivity index (χ2n) is 6.43. The molecule has 1 aliphatic rings. The number of hydrogen-bond donors (Lipinski definition) is 0. The van der Waals surface area contributed by atoms with Gasteiger partial charge in [-0.25, -0.2) is 4.98 Å². The van der Waals surface area contributed by atoms with Gasteiger partial charge in [0, 0.05) is 46.3 Å². The molecule has 1 amide bonds. The van der Waals surface area contributed by atoms with Crippen LogP contribution in [0, 0.1) is 0 Å². The minimum Gasteiger partial charge on any atom is -0.376 e. The molecule has 26 heavy (non-hydrogen) atoms. The first-order valence-electron chi connectivity index (χ1n) is 8.51. The molecule has 0 unspecified atom stereocenters. The predicted molar refractivity (Wildman–Crippen MR) is 104 cm³/mol. The van der Waals surface area contributed by atoms with Crippen molar-refractivity contribution in [2.75, 3.05) is 50.1 Å². The summed E-state index contributed by atoms with van der Waals surface area (Å²) in [6.45, 7) is 2.79. The van der Waals surface area contributed by atoms with Crippen molar-refractivity contribution in [1.82, 2.24) is 20.1 Å². The average Bonchev–Trinajstić information content (AvgIpc) is 3.12. The molecule has 0 saturated carbocycles. The van der Waals surface area contributed by atoms with Gasteiger partial charge in [0.15, 0.2) is 10.8 Å². The number of hydrogen-bond acceptors (Lipinski definition) is 7. The van der Waals surface area contributed by atoms with E-state index in [2.05, 4.69) is 20.1 Å². The fraction of sp³-hybridized carbons (Fsp3) is 0.333. The third kappa shape index (κ3) is 3.20. The number of para-hydroxylation sites is 1. The third-order valence-electron chi connectivity index (χ3n) is 4.51. The molecule has 0 aliphatic carbocycles. The van der Waals surface area contributed by atoms with Gasteiger partial charge in [0.2, 0.25) is 0 Å². The van der Waals surface area contributed by atoms with Crippen molar-refractivity contribution in [2.45, 2.75) is 0 Å². The fourth-order valence-corrected chi connectivity index (χ4v) is 3.92. The van der Waals surface area contributed by atoms with Gasteiger partial charge in [-0.05, 0) is 12.1 Å². The molecule has 0 radical (unpaired) electrons. The van der Waals surface area contributed by atoms with Gasteiger partial charge in [-0.15, -0.1) is 16.4 Å². The number of aromatic nitrogens is 3. The Hall–Kier alpha value is -2.74. The van der Waals surface area contributed by atoms with E-state index >= 15 is 0 Å². The Morgan fingerprint density at radius 2 is 1.92 bits per heavy atom. The Bertz CT molecular complexity index is 899. The third-order valence-corrected chi connectivity index (χ3v) is 5.54. The standard InChI is InChI=1S/C18H20N6OS/c1-22(2)13-11-16(21-19-12-13)23-7-9-24(10-8-23)18(25)17-20-14-5-3-4-6-15(14)26-17/h3-6,11-12H,7-10H2,1-2H3. The van der Waals surface area contributed by atoms with Crippen LogP contribution >= 0.6 is 11.3 Å². The molecule has 1 aromatic carbocycles. The Morgan fingerprint density at radius 1 is 1.15 bits per heavy atom. The summed E-state index contributed by atoms with van der Waals surface area (Å²) < 4.78 is 1.05. The van der Waals surface area contributed by atoms with Crippen LogP contribution in [-0.4, -0.2) is 66.3 Å². The molecule has 0 bridgehead atoms. The molecule has 1 saturated heterocycles. The first-order valence-corrected chi connectivity index (χ1v) is 9.33. The molecular formula is C18H20N6OS. The van der Waals surface area contributed by atoms with Gasteiger partial charge in [-0.3, -0.25) is 4.79 Å². The van der Waals surface area contributed by atoms with E-state index in [0.717, 1.165) is 34.8 Å². The van der Waals surface area contributed by atoms with Crippen molar-refractivity contribution >= 4 is 39.0 Å². The van der Waals surface area contributed by atoms with Gasteiger partial charge in [-0.2, -0.15) is 5.10 Å². The number of fused-ring (bicyclic) bond motifs is 1. The highest BCUT2D eigenvalue weighted by Gasteiger charge is 2.25. The molecule has 2 aromatic heterocycles. The number of benzene rings is 1. The van der Waals surface area contributed by atoms with Gasteiger partial charge in [-0.1, -0.05) is 12.1 Å². The second-order valence-corrected chi connectivity index (χ2v) is 7.46. The van der Waals surface area contributed by atoms with E-state index < -0.39 is 0 Å². The lowest BCUT2D eigenvalue weighted by atomic mass is 10.3. The highest BCUT2D eigenvalue weighted by molar-refractivity contribution is 7.20. The zero-order valence-corrected chi connectivity index (χ0v) is 15.6.